The van der Waals surface area contributed by atoms with Crippen LogP contribution in [0, 0.1) is 5.82 Å². The number of likely N-dealkylation sites (tertiary alicyclic amines) is 1. The van der Waals surface area contributed by atoms with Gasteiger partial charge in [-0.05, 0) is 19.0 Å². The Labute approximate surface area is 170 Å². The van der Waals surface area contributed by atoms with E-state index in [4.69, 9.17) is 4.74 Å². The zero-order valence-electron chi connectivity index (χ0n) is 17.1. The number of halogens is 1. The summed E-state index contributed by atoms with van der Waals surface area (Å²) in [5.74, 6) is 0.129. The lowest BCUT2D eigenvalue weighted by molar-refractivity contribution is 0.0934. The molecule has 0 bridgehead atoms. The standard InChI is InChI=1S/C20H27FN6O2/c1-26(2)20-24-10-16(19(28)23-7-9-29-3)18(25-20)15-5-8-27(13-15)12-14-4-6-22-11-17(14)21/h4,6,10-11,15H,5,7-9,12-13H2,1-3H3,(H,23,28). The normalized spacial score (nSPS) is 16.8. The SMILES string of the molecule is COCCNC(=O)c1cnc(N(C)C)nc1C1CCN(Cc2ccncc2F)C1. The van der Waals surface area contributed by atoms with Crippen molar-refractivity contribution in [3.63, 3.8) is 0 Å². The van der Waals surface area contributed by atoms with Crippen LogP contribution < -0.4 is 10.2 Å². The smallest absolute Gasteiger partial charge is 0.254 e. The van der Waals surface area contributed by atoms with E-state index in [-0.39, 0.29) is 17.6 Å². The fourth-order valence-corrected chi connectivity index (χ4v) is 3.42. The van der Waals surface area contributed by atoms with Gasteiger partial charge in [0.1, 0.15) is 5.82 Å². The third kappa shape index (κ3) is 5.24. The Morgan fingerprint density at radius 1 is 1.41 bits per heavy atom. The van der Waals surface area contributed by atoms with Crippen LogP contribution in [-0.2, 0) is 11.3 Å². The summed E-state index contributed by atoms with van der Waals surface area (Å²) in [6, 6.07) is 1.70. The Bertz CT molecular complexity index is 847. The van der Waals surface area contributed by atoms with Crippen molar-refractivity contribution in [2.45, 2.75) is 18.9 Å². The van der Waals surface area contributed by atoms with E-state index < -0.39 is 0 Å². The zero-order valence-corrected chi connectivity index (χ0v) is 17.1. The monoisotopic (exact) mass is 402 g/mol. The second-order valence-corrected chi connectivity index (χ2v) is 7.30. The first kappa shape index (κ1) is 21.1. The Morgan fingerprint density at radius 3 is 2.97 bits per heavy atom. The van der Waals surface area contributed by atoms with Crippen LogP contribution in [0.1, 0.15) is 34.0 Å². The number of carbonyl (C=O) groups excluding carboxylic acids is 1. The maximum absolute atomic E-state index is 13.9. The van der Waals surface area contributed by atoms with Gasteiger partial charge in [0, 0.05) is 64.7 Å². The van der Waals surface area contributed by atoms with Gasteiger partial charge in [-0.3, -0.25) is 14.7 Å². The predicted octanol–water partition coefficient (Wildman–Crippen LogP) is 1.44. The van der Waals surface area contributed by atoms with E-state index in [0.29, 0.717) is 43.3 Å². The number of amides is 1. The second kappa shape index (κ2) is 9.71. The molecule has 3 heterocycles. The number of nitrogens with zero attached hydrogens (tertiary/aromatic N) is 5. The average molecular weight is 402 g/mol. The molecule has 1 aliphatic heterocycles. The predicted molar refractivity (Wildman–Crippen MR) is 107 cm³/mol. The molecule has 9 heteroatoms. The number of nitrogens with one attached hydrogen (secondary N) is 1. The van der Waals surface area contributed by atoms with Crippen molar-refractivity contribution in [3.8, 4) is 0 Å². The Kier molecular flexibility index (Phi) is 7.05. The first-order chi connectivity index (χ1) is 14.0. The van der Waals surface area contributed by atoms with Gasteiger partial charge in [0.2, 0.25) is 5.95 Å². The lowest BCUT2D eigenvalue weighted by Crippen LogP contribution is -2.30. The summed E-state index contributed by atoms with van der Waals surface area (Å²) in [4.78, 5) is 29.4. The van der Waals surface area contributed by atoms with Crippen molar-refractivity contribution in [1.82, 2.24) is 25.2 Å². The summed E-state index contributed by atoms with van der Waals surface area (Å²) in [5.41, 5.74) is 1.83. The third-order valence-electron chi connectivity index (χ3n) is 4.95. The van der Waals surface area contributed by atoms with Gasteiger partial charge in [0.05, 0.1) is 24.1 Å². The number of rotatable bonds is 8. The van der Waals surface area contributed by atoms with Gasteiger partial charge < -0.3 is 15.0 Å². The molecule has 2 aromatic heterocycles. The van der Waals surface area contributed by atoms with Gasteiger partial charge in [-0.1, -0.05) is 0 Å². The minimum absolute atomic E-state index is 0.0739. The number of carbonyl (C=O) groups is 1. The molecule has 2 aromatic rings. The maximum Gasteiger partial charge on any atom is 0.254 e. The molecule has 1 saturated heterocycles. The molecule has 1 N–H and O–H groups in total. The van der Waals surface area contributed by atoms with Crippen molar-refractivity contribution in [2.75, 3.05) is 52.3 Å². The van der Waals surface area contributed by atoms with Crippen molar-refractivity contribution < 1.29 is 13.9 Å². The summed E-state index contributed by atoms with van der Waals surface area (Å²) in [6.45, 7) is 2.86. The second-order valence-electron chi connectivity index (χ2n) is 7.30. The van der Waals surface area contributed by atoms with Crippen LogP contribution in [-0.4, -0.2) is 73.2 Å². The molecule has 1 atom stereocenters. The van der Waals surface area contributed by atoms with E-state index in [1.165, 1.54) is 6.20 Å². The zero-order chi connectivity index (χ0) is 20.8. The molecule has 0 saturated carbocycles. The molecule has 1 amide bonds. The highest BCUT2D eigenvalue weighted by Gasteiger charge is 2.30. The number of anilines is 1. The Balaban J connectivity index is 1.78. The lowest BCUT2D eigenvalue weighted by atomic mass is 9.99. The fraction of sp³-hybridized carbons (Fsp3) is 0.500. The van der Waals surface area contributed by atoms with Crippen LogP contribution in [0.5, 0.6) is 0 Å². The number of aromatic nitrogens is 3. The van der Waals surface area contributed by atoms with Gasteiger partial charge in [-0.2, -0.15) is 0 Å². The van der Waals surface area contributed by atoms with E-state index in [9.17, 15) is 9.18 Å². The molecular weight excluding hydrogens is 375 g/mol. The van der Waals surface area contributed by atoms with E-state index in [1.807, 2.05) is 19.0 Å². The third-order valence-corrected chi connectivity index (χ3v) is 4.95. The van der Waals surface area contributed by atoms with Gasteiger partial charge in [-0.25, -0.2) is 14.4 Å². The van der Waals surface area contributed by atoms with E-state index in [0.717, 1.165) is 18.7 Å². The number of ether oxygens (including phenoxy) is 1. The van der Waals surface area contributed by atoms with Crippen LogP contribution in [0.25, 0.3) is 0 Å². The van der Waals surface area contributed by atoms with Gasteiger partial charge in [-0.15, -0.1) is 0 Å². The maximum atomic E-state index is 13.9. The molecule has 3 rings (SSSR count). The molecule has 29 heavy (non-hydrogen) atoms. The van der Waals surface area contributed by atoms with Crippen LogP contribution in [0.2, 0.25) is 0 Å². The summed E-state index contributed by atoms with van der Waals surface area (Å²) >= 11 is 0. The first-order valence-electron chi connectivity index (χ1n) is 9.61. The minimum Gasteiger partial charge on any atom is -0.383 e. The van der Waals surface area contributed by atoms with Crippen LogP contribution in [0.4, 0.5) is 10.3 Å². The van der Waals surface area contributed by atoms with Crippen LogP contribution in [0.15, 0.2) is 24.7 Å². The van der Waals surface area contributed by atoms with Crippen molar-refractivity contribution in [1.29, 1.82) is 0 Å². The fourth-order valence-electron chi connectivity index (χ4n) is 3.42. The number of methoxy groups -OCH3 is 1. The number of pyridine rings is 1. The first-order valence-corrected chi connectivity index (χ1v) is 9.61. The molecular formula is C20H27FN6O2. The van der Waals surface area contributed by atoms with E-state index in [2.05, 4.69) is 25.2 Å². The Morgan fingerprint density at radius 2 is 2.24 bits per heavy atom. The van der Waals surface area contributed by atoms with Gasteiger partial charge >= 0.3 is 0 Å². The van der Waals surface area contributed by atoms with Gasteiger partial charge in [0.25, 0.3) is 5.91 Å². The van der Waals surface area contributed by atoms with Gasteiger partial charge in [0.15, 0.2) is 0 Å². The van der Waals surface area contributed by atoms with Crippen LogP contribution in [0.3, 0.4) is 0 Å². The highest BCUT2D eigenvalue weighted by molar-refractivity contribution is 5.95. The molecule has 8 nitrogen and oxygen atoms in total. The Hall–Kier alpha value is -2.65. The molecule has 1 fully saturated rings. The molecule has 1 aliphatic rings. The minimum atomic E-state index is -0.300. The highest BCUT2D eigenvalue weighted by Crippen LogP contribution is 2.30. The summed E-state index contributed by atoms with van der Waals surface area (Å²) in [6.07, 6.45) is 5.27. The van der Waals surface area contributed by atoms with Crippen molar-refractivity contribution in [3.05, 3.63) is 47.3 Å². The van der Waals surface area contributed by atoms with Crippen molar-refractivity contribution >= 4 is 11.9 Å². The largest absolute Gasteiger partial charge is 0.383 e. The molecule has 156 valence electrons. The van der Waals surface area contributed by atoms with E-state index >= 15 is 0 Å². The molecule has 0 radical (unpaired) electrons. The summed E-state index contributed by atoms with van der Waals surface area (Å²) in [7, 11) is 5.32. The molecule has 1 unspecified atom stereocenters. The molecule has 0 spiro atoms. The number of hydrogen-bond donors (Lipinski definition) is 1. The summed E-state index contributed by atoms with van der Waals surface area (Å²) in [5, 5.41) is 2.84. The lowest BCUT2D eigenvalue weighted by Gasteiger charge is -2.19. The van der Waals surface area contributed by atoms with E-state index in [1.54, 1.807) is 25.6 Å². The molecule has 0 aliphatic carbocycles. The van der Waals surface area contributed by atoms with Crippen LogP contribution >= 0.6 is 0 Å². The topological polar surface area (TPSA) is 83.5 Å². The average Bonchev–Trinajstić information content (AvgIpc) is 3.18. The van der Waals surface area contributed by atoms with Crippen molar-refractivity contribution in [2.24, 2.45) is 0 Å². The molecule has 0 aromatic carbocycles. The summed E-state index contributed by atoms with van der Waals surface area (Å²) < 4.78 is 18.9. The number of hydrogen-bond acceptors (Lipinski definition) is 7. The quantitative estimate of drug-likeness (QED) is 0.669. The highest BCUT2D eigenvalue weighted by atomic mass is 19.1.